The van der Waals surface area contributed by atoms with Gasteiger partial charge in [-0.15, -0.1) is 4.36 Å². The molecule has 2 N–H and O–H groups in total. The van der Waals surface area contributed by atoms with Crippen molar-refractivity contribution >= 4 is 27.5 Å². The minimum Gasteiger partial charge on any atom is -0.490 e. The summed E-state index contributed by atoms with van der Waals surface area (Å²) in [4.78, 5) is 29.3. The predicted molar refractivity (Wildman–Crippen MR) is 191 cm³/mol. The zero-order valence-electron chi connectivity index (χ0n) is 29.1. The highest BCUT2D eigenvalue weighted by Crippen LogP contribution is 2.47. The van der Waals surface area contributed by atoms with Crippen LogP contribution in [0.15, 0.2) is 52.9 Å². The first-order valence-electron chi connectivity index (χ1n) is 17.8. The van der Waals surface area contributed by atoms with E-state index in [0.717, 1.165) is 56.6 Å². The van der Waals surface area contributed by atoms with Crippen molar-refractivity contribution in [1.82, 2.24) is 10.0 Å². The molecular formula is C38H50N4O6S. The second-order valence-electron chi connectivity index (χ2n) is 15.0. The predicted octanol–water partition coefficient (Wildman–Crippen LogP) is 5.72. The Morgan fingerprint density at radius 1 is 1.14 bits per heavy atom. The molecule has 0 saturated heterocycles. The van der Waals surface area contributed by atoms with Crippen LogP contribution in [0.1, 0.15) is 72.5 Å². The summed E-state index contributed by atoms with van der Waals surface area (Å²) in [7, 11) is -0.103. The van der Waals surface area contributed by atoms with Crippen molar-refractivity contribution in [2.75, 3.05) is 44.6 Å². The number of methoxy groups -OCH3 is 2. The maximum absolute atomic E-state index is 14.3. The Morgan fingerprint density at radius 2 is 2.00 bits per heavy atom. The van der Waals surface area contributed by atoms with Crippen molar-refractivity contribution in [2.45, 2.75) is 82.5 Å². The number of ether oxygens (including phenoxy) is 3. The van der Waals surface area contributed by atoms with Crippen LogP contribution in [0.2, 0.25) is 0 Å². The lowest BCUT2D eigenvalue weighted by atomic mass is 9.68. The number of hydrogen-bond donors (Lipinski definition) is 2. The van der Waals surface area contributed by atoms with Gasteiger partial charge in [0.1, 0.15) is 15.7 Å². The molecule has 264 valence electrons. The van der Waals surface area contributed by atoms with Crippen LogP contribution < -0.4 is 19.7 Å². The molecule has 2 saturated carbocycles. The molecule has 0 aromatic heterocycles. The van der Waals surface area contributed by atoms with Crippen molar-refractivity contribution in [3.05, 3.63) is 70.8 Å². The van der Waals surface area contributed by atoms with E-state index in [1.54, 1.807) is 20.3 Å². The van der Waals surface area contributed by atoms with Gasteiger partial charge < -0.3 is 24.4 Å². The molecule has 2 aromatic carbocycles. The Kier molecular flexibility index (Phi) is 9.53. The Hall–Kier alpha value is -3.41. The van der Waals surface area contributed by atoms with E-state index in [1.807, 2.05) is 19.1 Å². The molecule has 3 amide bonds. The van der Waals surface area contributed by atoms with Gasteiger partial charge in [0.25, 0.3) is 5.91 Å². The second-order valence-corrected chi connectivity index (χ2v) is 17.0. The molecule has 49 heavy (non-hydrogen) atoms. The molecule has 3 aliphatic carbocycles. The average molecular weight is 691 g/mol. The molecule has 2 bridgehead atoms. The second kappa shape index (κ2) is 13.7. The molecule has 2 heterocycles. The molecular weight excluding hydrogens is 641 g/mol. The van der Waals surface area contributed by atoms with Crippen LogP contribution >= 0.6 is 0 Å². The third-order valence-electron chi connectivity index (χ3n) is 11.3. The van der Waals surface area contributed by atoms with Crippen LogP contribution in [0.25, 0.3) is 0 Å². The number of benzene rings is 2. The maximum atomic E-state index is 14.3. The van der Waals surface area contributed by atoms with E-state index in [4.69, 9.17) is 14.2 Å². The summed E-state index contributed by atoms with van der Waals surface area (Å²) < 4.78 is 39.2. The molecule has 2 aromatic rings. The fourth-order valence-corrected chi connectivity index (χ4v) is 10.3. The molecule has 11 heteroatoms. The third-order valence-corrected chi connectivity index (χ3v) is 13.3. The number of carbonyl (C=O) groups is 2. The zero-order chi connectivity index (χ0) is 34.3. The monoisotopic (exact) mass is 690 g/mol. The minimum atomic E-state index is -3.47. The van der Waals surface area contributed by atoms with Crippen molar-refractivity contribution in [2.24, 2.45) is 22.1 Å². The summed E-state index contributed by atoms with van der Waals surface area (Å²) in [5, 5.41) is 2.81. The minimum absolute atomic E-state index is 0.0279. The lowest BCUT2D eigenvalue weighted by Crippen LogP contribution is -2.49. The number of urea groups is 1. The quantitative estimate of drug-likeness (QED) is 0.395. The molecule has 7 rings (SSSR count). The van der Waals surface area contributed by atoms with E-state index in [9.17, 15) is 13.8 Å². The number of carbonyl (C=O) groups excluding carboxylic acids is 2. The van der Waals surface area contributed by atoms with Gasteiger partial charge in [0.15, 0.2) is 0 Å². The molecule has 0 radical (unpaired) electrons. The fraction of sp³-hybridized carbons (Fsp3) is 0.579. The van der Waals surface area contributed by atoms with E-state index in [2.05, 4.69) is 56.6 Å². The van der Waals surface area contributed by atoms with Gasteiger partial charge >= 0.3 is 6.03 Å². The normalized spacial score (nSPS) is 34.6. The molecule has 1 spiro atoms. The molecule has 1 unspecified atom stereocenters. The molecule has 5 aliphatic rings. The Morgan fingerprint density at radius 3 is 2.76 bits per heavy atom. The van der Waals surface area contributed by atoms with Crippen LogP contribution in [0.4, 0.5) is 10.5 Å². The number of allylic oxidation sites excluding steroid dienone is 1. The fourth-order valence-electron chi connectivity index (χ4n) is 8.45. The van der Waals surface area contributed by atoms with E-state index in [1.165, 1.54) is 16.7 Å². The summed E-state index contributed by atoms with van der Waals surface area (Å²) in [5.41, 5.74) is 5.01. The zero-order valence-corrected chi connectivity index (χ0v) is 29.9. The topological polar surface area (TPSA) is 119 Å². The standard InChI is InChI=1S/C38H50N4O6S/c1-24-10-14-30-26(17-24)8-6-16-38(30)22-42-20-28-11-13-29(28)33(46-3)9-5-7-25(2)21-49(45,41-37(44)39-31-19-35(31)47-4)40-36(43)27-12-15-34(48-23-38)32(42)18-27/h5,9-10,12,14-15,17-18,25,28-29,31,33,35H,6-8,11,13,16,19-23H2,1-4H3,(H2,39,40,41,43,44,45)/b9-5+/t25-,28-,29+,31-,33-,35-,38-,49?/m0/s1. The summed E-state index contributed by atoms with van der Waals surface area (Å²) in [6.45, 7) is 6.24. The first kappa shape index (κ1) is 34.1. The third kappa shape index (κ3) is 7.12. The van der Waals surface area contributed by atoms with Gasteiger partial charge in [0, 0.05) is 38.3 Å². The Labute approximate surface area is 290 Å². The van der Waals surface area contributed by atoms with Gasteiger partial charge in [0.2, 0.25) is 0 Å². The summed E-state index contributed by atoms with van der Waals surface area (Å²) in [5.74, 6) is 0.797. The molecule has 8 atom stereocenters. The average Bonchev–Trinajstić information content (AvgIpc) is 3.83. The lowest BCUT2D eigenvalue weighted by Gasteiger charge is -2.46. The van der Waals surface area contributed by atoms with Crippen LogP contribution in [0.5, 0.6) is 5.75 Å². The van der Waals surface area contributed by atoms with Gasteiger partial charge in [-0.1, -0.05) is 42.8 Å². The van der Waals surface area contributed by atoms with E-state index in [0.29, 0.717) is 36.8 Å². The number of hydrogen-bond acceptors (Lipinski definition) is 7. The number of anilines is 1. The van der Waals surface area contributed by atoms with Crippen LogP contribution in [0.3, 0.4) is 0 Å². The van der Waals surface area contributed by atoms with Crippen LogP contribution in [-0.2, 0) is 31.2 Å². The highest BCUT2D eigenvalue weighted by atomic mass is 32.2. The lowest BCUT2D eigenvalue weighted by molar-refractivity contribution is 0.0131. The Balaban J connectivity index is 1.27. The number of amides is 3. The summed E-state index contributed by atoms with van der Waals surface area (Å²) in [6, 6.07) is 11.5. The van der Waals surface area contributed by atoms with E-state index in [-0.39, 0.29) is 35.3 Å². The van der Waals surface area contributed by atoms with Crippen molar-refractivity contribution in [3.8, 4) is 5.75 Å². The number of nitrogens with zero attached hydrogens (tertiary/aromatic N) is 2. The highest BCUT2D eigenvalue weighted by Gasteiger charge is 2.44. The van der Waals surface area contributed by atoms with E-state index >= 15 is 0 Å². The van der Waals surface area contributed by atoms with Crippen LogP contribution in [0, 0.1) is 24.7 Å². The first-order valence-corrected chi connectivity index (χ1v) is 19.5. The smallest absolute Gasteiger partial charge is 0.327 e. The van der Waals surface area contributed by atoms with E-state index < -0.39 is 21.9 Å². The highest BCUT2D eigenvalue weighted by molar-refractivity contribution is 7.92. The number of nitrogens with one attached hydrogen (secondary N) is 2. The number of fused-ring (bicyclic) bond motifs is 4. The van der Waals surface area contributed by atoms with Gasteiger partial charge in [-0.2, -0.15) is 0 Å². The molecule has 2 fully saturated rings. The largest absolute Gasteiger partial charge is 0.490 e. The number of aryl methyl sites for hydroxylation is 2. The molecule has 2 aliphatic heterocycles. The first-order chi connectivity index (χ1) is 23.6. The summed E-state index contributed by atoms with van der Waals surface area (Å²) >= 11 is 0. The molecule has 10 nitrogen and oxygen atoms in total. The van der Waals surface area contributed by atoms with Gasteiger partial charge in [-0.05, 0) is 98.9 Å². The SMILES string of the molecule is CO[C@H]1/C=C/C[C@H](C)CS(=O)(NC(=O)N[C@H]2C[C@@H]2OC)=NC(=O)c2ccc3c(c2)N(C[C@@H]2CC[C@H]21)C[C@@]1(CCCc2cc(C)ccc21)CO3. The Bertz CT molecular complexity index is 1750. The van der Waals surface area contributed by atoms with Gasteiger partial charge in [-0.3, -0.25) is 9.52 Å². The van der Waals surface area contributed by atoms with Crippen molar-refractivity contribution in [3.63, 3.8) is 0 Å². The van der Waals surface area contributed by atoms with Crippen molar-refractivity contribution in [1.29, 1.82) is 0 Å². The number of rotatable bonds is 4. The maximum Gasteiger partial charge on any atom is 0.327 e. The van der Waals surface area contributed by atoms with Gasteiger partial charge in [0.05, 0.1) is 36.3 Å². The van der Waals surface area contributed by atoms with Crippen molar-refractivity contribution < 1.29 is 28.0 Å². The summed E-state index contributed by atoms with van der Waals surface area (Å²) in [6.07, 6.45) is 10.8. The van der Waals surface area contributed by atoms with Gasteiger partial charge in [-0.25, -0.2) is 9.00 Å². The van der Waals surface area contributed by atoms with Crippen LogP contribution in [-0.4, -0.2) is 74.1 Å².